The third-order valence-electron chi connectivity index (χ3n) is 3.74. The molecule has 122 valence electrons. The van der Waals surface area contributed by atoms with Crippen LogP contribution in [0.4, 0.5) is 0 Å². The molecule has 1 fully saturated rings. The van der Waals surface area contributed by atoms with Crippen LogP contribution in [-0.4, -0.2) is 41.6 Å². The van der Waals surface area contributed by atoms with Crippen molar-refractivity contribution < 1.29 is 9.53 Å². The smallest absolute Gasteiger partial charge is 0.253 e. The van der Waals surface area contributed by atoms with Gasteiger partial charge in [-0.05, 0) is 31.2 Å². The fraction of sp³-hybridized carbons (Fsp3) is 0.412. The average Bonchev–Trinajstić information content (AvgIpc) is 3.00. The van der Waals surface area contributed by atoms with Gasteiger partial charge in [-0.15, -0.1) is 11.3 Å². The Hall–Kier alpha value is -1.76. The van der Waals surface area contributed by atoms with Crippen molar-refractivity contribution in [1.29, 1.82) is 0 Å². The largest absolute Gasteiger partial charge is 0.366 e. The minimum absolute atomic E-state index is 0.0221. The maximum Gasteiger partial charge on any atom is 0.253 e. The molecule has 2 aromatic heterocycles. The van der Waals surface area contributed by atoms with E-state index in [1.54, 1.807) is 17.5 Å². The van der Waals surface area contributed by atoms with Crippen LogP contribution in [0.3, 0.4) is 0 Å². The number of nitrogens with one attached hydrogen (secondary N) is 1. The molecule has 0 spiro atoms. The number of amides is 1. The first kappa shape index (κ1) is 16.1. The van der Waals surface area contributed by atoms with Gasteiger partial charge < -0.3 is 15.0 Å². The lowest BCUT2D eigenvalue weighted by Gasteiger charge is -2.29. The van der Waals surface area contributed by atoms with Crippen LogP contribution in [0.1, 0.15) is 15.4 Å². The van der Waals surface area contributed by atoms with Gasteiger partial charge in [-0.25, -0.2) is 0 Å². The Morgan fingerprint density at radius 2 is 2.30 bits per heavy atom. The second kappa shape index (κ2) is 7.68. The van der Waals surface area contributed by atoms with E-state index in [1.807, 2.05) is 23.1 Å². The van der Waals surface area contributed by atoms with Crippen molar-refractivity contribution in [2.75, 3.05) is 19.7 Å². The SMILES string of the molecule is Cc1ccc(CN(Cc2ccccn2)C(=O)[C@@H]2CNCCO2)s1. The maximum atomic E-state index is 12.9. The number of pyridine rings is 1. The van der Waals surface area contributed by atoms with E-state index >= 15 is 0 Å². The van der Waals surface area contributed by atoms with Gasteiger partial charge in [0, 0.05) is 29.0 Å². The number of ether oxygens (including phenoxy) is 1. The van der Waals surface area contributed by atoms with Gasteiger partial charge in [0.15, 0.2) is 0 Å². The Kier molecular flexibility index (Phi) is 5.38. The normalized spacial score (nSPS) is 17.9. The molecule has 1 saturated heterocycles. The molecule has 3 rings (SSSR count). The second-order valence-electron chi connectivity index (χ2n) is 5.59. The van der Waals surface area contributed by atoms with Crippen LogP contribution >= 0.6 is 11.3 Å². The molecule has 0 bridgehead atoms. The monoisotopic (exact) mass is 331 g/mol. The summed E-state index contributed by atoms with van der Waals surface area (Å²) >= 11 is 1.72. The van der Waals surface area contributed by atoms with Crippen molar-refractivity contribution in [3.63, 3.8) is 0 Å². The first-order valence-electron chi connectivity index (χ1n) is 7.79. The lowest BCUT2D eigenvalue weighted by Crippen LogP contribution is -2.49. The van der Waals surface area contributed by atoms with Crippen LogP contribution in [0.25, 0.3) is 0 Å². The number of morpholine rings is 1. The Balaban J connectivity index is 1.75. The van der Waals surface area contributed by atoms with Crippen LogP contribution in [0.2, 0.25) is 0 Å². The Morgan fingerprint density at radius 3 is 2.96 bits per heavy atom. The number of carbonyl (C=O) groups excluding carboxylic acids is 1. The van der Waals surface area contributed by atoms with Gasteiger partial charge in [-0.3, -0.25) is 9.78 Å². The maximum absolute atomic E-state index is 12.9. The minimum Gasteiger partial charge on any atom is -0.366 e. The molecule has 5 nitrogen and oxygen atoms in total. The second-order valence-corrected chi connectivity index (χ2v) is 6.96. The first-order valence-corrected chi connectivity index (χ1v) is 8.60. The summed E-state index contributed by atoms with van der Waals surface area (Å²) in [7, 11) is 0. The summed E-state index contributed by atoms with van der Waals surface area (Å²) in [4.78, 5) is 21.5. The van der Waals surface area contributed by atoms with Gasteiger partial charge in [0.1, 0.15) is 6.10 Å². The molecule has 0 saturated carbocycles. The van der Waals surface area contributed by atoms with Crippen molar-refractivity contribution in [3.8, 4) is 0 Å². The molecular formula is C17H21N3O2S. The van der Waals surface area contributed by atoms with E-state index < -0.39 is 6.10 Å². The van der Waals surface area contributed by atoms with Gasteiger partial charge in [0.25, 0.3) is 5.91 Å². The molecule has 23 heavy (non-hydrogen) atoms. The predicted octanol–water partition coefficient (Wildman–Crippen LogP) is 1.97. The molecule has 0 unspecified atom stereocenters. The number of hydrogen-bond donors (Lipinski definition) is 1. The number of thiophene rings is 1. The fourth-order valence-electron chi connectivity index (χ4n) is 2.58. The molecule has 1 aliphatic heterocycles. The van der Waals surface area contributed by atoms with Gasteiger partial charge in [-0.1, -0.05) is 6.07 Å². The highest BCUT2D eigenvalue weighted by Gasteiger charge is 2.27. The Bertz CT molecular complexity index is 638. The number of hydrogen-bond acceptors (Lipinski definition) is 5. The van der Waals surface area contributed by atoms with E-state index in [4.69, 9.17) is 4.74 Å². The molecule has 1 aliphatic rings. The lowest BCUT2D eigenvalue weighted by atomic mass is 10.2. The molecule has 1 atom stereocenters. The van der Waals surface area contributed by atoms with Crippen molar-refractivity contribution in [2.45, 2.75) is 26.1 Å². The van der Waals surface area contributed by atoms with Crippen LogP contribution in [0.5, 0.6) is 0 Å². The summed E-state index contributed by atoms with van der Waals surface area (Å²) in [5.74, 6) is 0.0221. The van der Waals surface area contributed by atoms with Crippen molar-refractivity contribution in [3.05, 3.63) is 52.0 Å². The minimum atomic E-state index is -0.409. The summed E-state index contributed by atoms with van der Waals surface area (Å²) < 4.78 is 5.63. The summed E-state index contributed by atoms with van der Waals surface area (Å²) in [5.41, 5.74) is 0.887. The highest BCUT2D eigenvalue weighted by molar-refractivity contribution is 7.11. The molecule has 1 N–H and O–H groups in total. The van der Waals surface area contributed by atoms with Crippen molar-refractivity contribution in [2.24, 2.45) is 0 Å². The van der Waals surface area contributed by atoms with Crippen molar-refractivity contribution >= 4 is 17.2 Å². The average molecular weight is 331 g/mol. The van der Waals surface area contributed by atoms with Gasteiger partial charge in [0.2, 0.25) is 0 Å². The summed E-state index contributed by atoms with van der Waals surface area (Å²) in [6, 6.07) is 9.94. The zero-order valence-electron chi connectivity index (χ0n) is 13.2. The highest BCUT2D eigenvalue weighted by atomic mass is 32.1. The van der Waals surface area contributed by atoms with Crippen LogP contribution in [0.15, 0.2) is 36.5 Å². The molecule has 0 aliphatic carbocycles. The van der Waals surface area contributed by atoms with Crippen LogP contribution in [0, 0.1) is 6.92 Å². The van der Waals surface area contributed by atoms with Gasteiger partial charge in [-0.2, -0.15) is 0 Å². The van der Waals surface area contributed by atoms with Gasteiger partial charge in [0.05, 0.1) is 25.4 Å². The summed E-state index contributed by atoms with van der Waals surface area (Å²) in [5, 5.41) is 3.22. The van der Waals surface area contributed by atoms with E-state index in [0.717, 1.165) is 12.2 Å². The Labute approximate surface area is 140 Å². The lowest BCUT2D eigenvalue weighted by molar-refractivity contribution is -0.146. The number of aryl methyl sites for hydroxylation is 1. The molecule has 2 aromatic rings. The summed E-state index contributed by atoms with van der Waals surface area (Å²) in [6.45, 7) is 5.11. The molecule has 1 amide bonds. The number of aromatic nitrogens is 1. The number of nitrogens with zero attached hydrogens (tertiary/aromatic N) is 2. The van der Waals surface area contributed by atoms with E-state index in [0.29, 0.717) is 26.2 Å². The van der Waals surface area contributed by atoms with Crippen LogP contribution in [-0.2, 0) is 22.6 Å². The van der Waals surface area contributed by atoms with E-state index in [9.17, 15) is 4.79 Å². The van der Waals surface area contributed by atoms with E-state index in [1.165, 1.54) is 9.75 Å². The molecule has 0 aromatic carbocycles. The zero-order valence-corrected chi connectivity index (χ0v) is 14.0. The highest BCUT2D eigenvalue weighted by Crippen LogP contribution is 2.19. The quantitative estimate of drug-likeness (QED) is 0.910. The molecular weight excluding hydrogens is 310 g/mol. The van der Waals surface area contributed by atoms with E-state index in [2.05, 4.69) is 29.4 Å². The molecule has 6 heteroatoms. The van der Waals surface area contributed by atoms with Gasteiger partial charge >= 0.3 is 0 Å². The zero-order chi connectivity index (χ0) is 16.1. The van der Waals surface area contributed by atoms with Crippen LogP contribution < -0.4 is 5.32 Å². The topological polar surface area (TPSA) is 54.5 Å². The predicted molar refractivity (Wildman–Crippen MR) is 90.2 cm³/mol. The number of rotatable bonds is 5. The third-order valence-corrected chi connectivity index (χ3v) is 4.72. The van der Waals surface area contributed by atoms with E-state index in [-0.39, 0.29) is 5.91 Å². The fourth-order valence-corrected chi connectivity index (χ4v) is 3.49. The first-order chi connectivity index (χ1) is 11.2. The molecule has 3 heterocycles. The Morgan fingerprint density at radius 1 is 1.39 bits per heavy atom. The number of carbonyl (C=O) groups is 1. The third kappa shape index (κ3) is 4.37. The molecule has 0 radical (unpaired) electrons. The standard InChI is InChI=1S/C17H21N3O2S/c1-13-5-6-15(23-13)12-20(11-14-4-2-3-7-19-14)17(21)16-10-18-8-9-22-16/h2-7,16,18H,8-12H2,1H3/t16-/m0/s1. The summed E-state index contributed by atoms with van der Waals surface area (Å²) in [6.07, 6.45) is 1.35. The van der Waals surface area contributed by atoms with Crippen molar-refractivity contribution in [1.82, 2.24) is 15.2 Å².